The molecule has 0 radical (unpaired) electrons. The summed E-state index contributed by atoms with van der Waals surface area (Å²) in [5.41, 5.74) is -2.93. The van der Waals surface area contributed by atoms with E-state index in [1.807, 2.05) is 36.4 Å². The molecule has 2 heterocycles. The lowest BCUT2D eigenvalue weighted by molar-refractivity contribution is -0.140. The van der Waals surface area contributed by atoms with Crippen LogP contribution in [0.5, 0.6) is 0 Å². The number of hydrogen-bond donors (Lipinski definition) is 1. The first-order chi connectivity index (χ1) is 18.3. The highest BCUT2D eigenvalue weighted by Crippen LogP contribution is 2.41. The Balaban J connectivity index is 1.55. The van der Waals surface area contributed by atoms with Crippen LogP contribution in [-0.4, -0.2) is 70.5 Å². The molecule has 3 aliphatic rings. The standard InChI is InChI=1S/C28H31F6N3O2/c29-27(30,31)21-15-20(16-22(17-21)28(32,33)34)25(38)37-11-6-23(18-24(37)14-19-4-2-1-3-5-19)36-12-8-26(39,7-10-35)9-13-36/h1-5,15,17,20,23-24,39H,6-9,11-14,16,18H2. The summed E-state index contributed by atoms with van der Waals surface area (Å²) in [5.74, 6) is -2.29. The molecule has 3 unspecified atom stereocenters. The minimum absolute atomic E-state index is 0.0349. The van der Waals surface area contributed by atoms with Crippen molar-refractivity contribution in [1.29, 1.82) is 5.26 Å². The molecule has 0 spiro atoms. The minimum Gasteiger partial charge on any atom is -0.389 e. The van der Waals surface area contributed by atoms with E-state index in [0.717, 1.165) is 5.56 Å². The second-order valence-electron chi connectivity index (χ2n) is 10.7. The van der Waals surface area contributed by atoms with Crippen LogP contribution in [-0.2, 0) is 11.2 Å². The smallest absolute Gasteiger partial charge is 0.389 e. The summed E-state index contributed by atoms with van der Waals surface area (Å²) in [7, 11) is 0. The highest BCUT2D eigenvalue weighted by atomic mass is 19.4. The zero-order chi connectivity index (χ0) is 28.4. The molecule has 1 aliphatic carbocycles. The number of nitriles is 1. The molecule has 1 N–H and O–H groups in total. The number of rotatable bonds is 5. The van der Waals surface area contributed by atoms with Crippen LogP contribution in [0.2, 0.25) is 0 Å². The molecular weight excluding hydrogens is 524 g/mol. The molecule has 3 atom stereocenters. The number of allylic oxidation sites excluding steroid dienone is 3. The first-order valence-corrected chi connectivity index (χ1v) is 13.0. The van der Waals surface area contributed by atoms with Crippen LogP contribution in [0.1, 0.15) is 44.1 Å². The van der Waals surface area contributed by atoms with E-state index in [1.54, 1.807) is 0 Å². The summed E-state index contributed by atoms with van der Waals surface area (Å²) in [6, 6.07) is 10.9. The van der Waals surface area contributed by atoms with Crippen LogP contribution in [0.3, 0.4) is 0 Å². The van der Waals surface area contributed by atoms with Gasteiger partial charge in [-0.25, -0.2) is 0 Å². The third-order valence-electron chi connectivity index (χ3n) is 8.10. The van der Waals surface area contributed by atoms with E-state index in [1.165, 1.54) is 4.90 Å². The van der Waals surface area contributed by atoms with E-state index in [9.17, 15) is 36.2 Å². The predicted molar refractivity (Wildman–Crippen MR) is 131 cm³/mol. The molecule has 0 aromatic heterocycles. The first-order valence-electron chi connectivity index (χ1n) is 13.0. The van der Waals surface area contributed by atoms with Crippen molar-refractivity contribution in [2.45, 2.75) is 75.0 Å². The van der Waals surface area contributed by atoms with Gasteiger partial charge in [-0.15, -0.1) is 0 Å². The molecular formula is C28H31F6N3O2. The van der Waals surface area contributed by atoms with Gasteiger partial charge in [0.25, 0.3) is 0 Å². The van der Waals surface area contributed by atoms with Crippen LogP contribution >= 0.6 is 0 Å². The Kier molecular flexibility index (Phi) is 8.47. The van der Waals surface area contributed by atoms with Crippen molar-refractivity contribution in [2.24, 2.45) is 5.92 Å². The van der Waals surface area contributed by atoms with E-state index in [4.69, 9.17) is 5.26 Å². The highest BCUT2D eigenvalue weighted by molar-refractivity contribution is 5.82. The lowest BCUT2D eigenvalue weighted by Crippen LogP contribution is -2.56. The number of piperidine rings is 2. The fourth-order valence-corrected chi connectivity index (χ4v) is 5.91. The van der Waals surface area contributed by atoms with Gasteiger partial charge in [-0.05, 0) is 50.2 Å². The molecule has 1 aromatic rings. The highest BCUT2D eigenvalue weighted by Gasteiger charge is 2.45. The van der Waals surface area contributed by atoms with Gasteiger partial charge in [-0.2, -0.15) is 31.6 Å². The number of aliphatic hydroxyl groups is 1. The van der Waals surface area contributed by atoms with Gasteiger partial charge >= 0.3 is 12.4 Å². The number of nitrogens with zero attached hydrogens (tertiary/aromatic N) is 3. The Morgan fingerprint density at radius 1 is 1.05 bits per heavy atom. The Bertz CT molecular complexity index is 1130. The number of carbonyl (C=O) groups is 1. The zero-order valence-corrected chi connectivity index (χ0v) is 21.3. The quantitative estimate of drug-likeness (QED) is 0.499. The number of amides is 1. The molecule has 2 fully saturated rings. The SMILES string of the molecule is N#CCC1(O)CCN(C2CCN(C(=O)C3C=C(C(F)(F)F)C=C(C(F)(F)F)C3)C(Cc3ccccc3)C2)CC1. The van der Waals surface area contributed by atoms with Crippen molar-refractivity contribution < 1.29 is 36.2 Å². The van der Waals surface area contributed by atoms with Gasteiger partial charge in [-0.1, -0.05) is 36.4 Å². The molecule has 1 aromatic carbocycles. The summed E-state index contributed by atoms with van der Waals surface area (Å²) < 4.78 is 80.8. The predicted octanol–water partition coefficient (Wildman–Crippen LogP) is 5.33. The normalized spacial score (nSPS) is 26.4. The maximum atomic E-state index is 13.6. The van der Waals surface area contributed by atoms with Crippen molar-refractivity contribution in [1.82, 2.24) is 9.80 Å². The Morgan fingerprint density at radius 2 is 1.72 bits per heavy atom. The van der Waals surface area contributed by atoms with Gasteiger partial charge in [0.1, 0.15) is 0 Å². The largest absolute Gasteiger partial charge is 0.416 e. The van der Waals surface area contributed by atoms with Gasteiger partial charge in [-0.3, -0.25) is 4.79 Å². The number of benzene rings is 1. The molecule has 5 nitrogen and oxygen atoms in total. The van der Waals surface area contributed by atoms with E-state index >= 15 is 0 Å². The van der Waals surface area contributed by atoms with Gasteiger partial charge in [0.2, 0.25) is 5.91 Å². The van der Waals surface area contributed by atoms with E-state index in [0.29, 0.717) is 51.3 Å². The summed E-state index contributed by atoms with van der Waals surface area (Å²) >= 11 is 0. The van der Waals surface area contributed by atoms with Crippen LogP contribution in [0.15, 0.2) is 53.6 Å². The molecule has 4 rings (SSSR count). The second-order valence-corrected chi connectivity index (χ2v) is 10.7. The van der Waals surface area contributed by atoms with Gasteiger partial charge in [0, 0.05) is 37.3 Å². The van der Waals surface area contributed by atoms with Crippen LogP contribution in [0.4, 0.5) is 26.3 Å². The topological polar surface area (TPSA) is 67.6 Å². The van der Waals surface area contributed by atoms with Gasteiger partial charge < -0.3 is 14.9 Å². The first kappa shape index (κ1) is 29.2. The fraction of sp³-hybridized carbons (Fsp3) is 0.571. The Hall–Kier alpha value is -2.84. The molecule has 0 bridgehead atoms. The summed E-state index contributed by atoms with van der Waals surface area (Å²) in [4.78, 5) is 17.3. The molecule has 39 heavy (non-hydrogen) atoms. The maximum Gasteiger partial charge on any atom is 0.416 e. The second kappa shape index (κ2) is 11.3. The molecule has 2 saturated heterocycles. The Morgan fingerprint density at radius 3 is 2.31 bits per heavy atom. The monoisotopic (exact) mass is 555 g/mol. The molecule has 2 aliphatic heterocycles. The Labute approximate surface area is 223 Å². The molecule has 11 heteroatoms. The zero-order valence-electron chi connectivity index (χ0n) is 21.3. The fourth-order valence-electron chi connectivity index (χ4n) is 5.91. The van der Waals surface area contributed by atoms with Gasteiger partial charge in [0.05, 0.1) is 29.6 Å². The molecule has 212 valence electrons. The van der Waals surface area contributed by atoms with Crippen LogP contribution in [0, 0.1) is 17.2 Å². The number of alkyl halides is 6. The van der Waals surface area contributed by atoms with Crippen LogP contribution < -0.4 is 0 Å². The van der Waals surface area contributed by atoms with Crippen molar-refractivity contribution in [3.05, 3.63) is 59.2 Å². The van der Waals surface area contributed by atoms with E-state index in [2.05, 4.69) is 4.90 Å². The lowest BCUT2D eigenvalue weighted by atomic mass is 9.84. The third kappa shape index (κ3) is 7.03. The molecule has 1 amide bonds. The maximum absolute atomic E-state index is 13.6. The molecule has 0 saturated carbocycles. The minimum atomic E-state index is -5.01. The van der Waals surface area contributed by atoms with Crippen molar-refractivity contribution in [3.63, 3.8) is 0 Å². The number of carbonyl (C=O) groups excluding carboxylic acids is 1. The van der Waals surface area contributed by atoms with Crippen molar-refractivity contribution in [3.8, 4) is 6.07 Å². The van der Waals surface area contributed by atoms with Crippen molar-refractivity contribution in [2.75, 3.05) is 19.6 Å². The third-order valence-corrected chi connectivity index (χ3v) is 8.10. The average Bonchev–Trinajstić information content (AvgIpc) is 2.88. The van der Waals surface area contributed by atoms with Crippen LogP contribution in [0.25, 0.3) is 0 Å². The van der Waals surface area contributed by atoms with E-state index < -0.39 is 53.4 Å². The van der Waals surface area contributed by atoms with E-state index in [-0.39, 0.29) is 25.1 Å². The number of hydrogen-bond acceptors (Lipinski definition) is 4. The number of halogens is 6. The number of likely N-dealkylation sites (tertiary alicyclic amines) is 2. The average molecular weight is 556 g/mol. The summed E-state index contributed by atoms with van der Waals surface area (Å²) in [6.07, 6.45) is -7.73. The lowest BCUT2D eigenvalue weighted by Gasteiger charge is -2.47. The van der Waals surface area contributed by atoms with Gasteiger partial charge in [0.15, 0.2) is 0 Å². The summed E-state index contributed by atoms with van der Waals surface area (Å²) in [5, 5.41) is 19.6. The summed E-state index contributed by atoms with van der Waals surface area (Å²) in [6.45, 7) is 1.33. The van der Waals surface area contributed by atoms with Crippen molar-refractivity contribution >= 4 is 5.91 Å².